The van der Waals surface area contributed by atoms with E-state index in [4.69, 9.17) is 32.5 Å². The zero-order valence-corrected chi connectivity index (χ0v) is 17.0. The van der Waals surface area contributed by atoms with Crippen molar-refractivity contribution in [2.75, 3.05) is 12.4 Å². The van der Waals surface area contributed by atoms with E-state index in [1.807, 2.05) is 6.07 Å². The molecule has 1 N–H and O–H groups in total. The third kappa shape index (κ3) is 3.96. The number of benzene rings is 1. The van der Waals surface area contributed by atoms with E-state index in [0.717, 1.165) is 0 Å². The predicted molar refractivity (Wildman–Crippen MR) is 112 cm³/mol. The van der Waals surface area contributed by atoms with Gasteiger partial charge in [-0.1, -0.05) is 34.4 Å². The number of anilines is 1. The molecule has 3 heterocycles. The largest absolute Gasteiger partial charge is 0.496 e. The van der Waals surface area contributed by atoms with E-state index < -0.39 is 5.91 Å². The maximum Gasteiger partial charge on any atom is 0.262 e. The van der Waals surface area contributed by atoms with Crippen LogP contribution in [0, 0.1) is 0 Å². The molecule has 150 valence electrons. The van der Waals surface area contributed by atoms with E-state index >= 15 is 0 Å². The Kier molecular flexibility index (Phi) is 5.60. The number of carbonyl (C=O) groups is 1. The number of halogens is 2. The van der Waals surface area contributed by atoms with Gasteiger partial charge < -0.3 is 14.6 Å². The van der Waals surface area contributed by atoms with Crippen molar-refractivity contribution >= 4 is 34.8 Å². The molecule has 0 aliphatic heterocycles. The number of hydrogen-bond acceptors (Lipinski definition) is 7. The molecule has 0 fully saturated rings. The zero-order chi connectivity index (χ0) is 21.1. The van der Waals surface area contributed by atoms with E-state index in [9.17, 15) is 4.79 Å². The molecule has 0 aliphatic carbocycles. The molecule has 4 aromatic rings. The molecule has 0 atom stereocenters. The summed E-state index contributed by atoms with van der Waals surface area (Å²) in [7, 11) is 1.51. The third-order valence-corrected chi connectivity index (χ3v) is 4.68. The standard InChI is InChI=1S/C20H13Cl2N5O3/c1-29-16-6-5-11(19(28)25-17-13(21)9-23-10-14(17)22)8-12(16)20-26-18(27-30-20)15-4-2-3-7-24-15/h2-10H,1H3,(H,23,25,28). The third-order valence-electron chi connectivity index (χ3n) is 4.10. The number of ether oxygens (including phenoxy) is 1. The minimum Gasteiger partial charge on any atom is -0.496 e. The molecule has 30 heavy (non-hydrogen) atoms. The molecule has 1 amide bonds. The van der Waals surface area contributed by atoms with Crippen LogP contribution in [-0.4, -0.2) is 33.1 Å². The summed E-state index contributed by atoms with van der Waals surface area (Å²) in [5, 5.41) is 7.09. The van der Waals surface area contributed by atoms with E-state index in [1.54, 1.807) is 36.5 Å². The van der Waals surface area contributed by atoms with Gasteiger partial charge in [-0.2, -0.15) is 4.98 Å². The van der Waals surface area contributed by atoms with Crippen molar-refractivity contribution < 1.29 is 14.1 Å². The maximum atomic E-state index is 12.8. The number of nitrogens with one attached hydrogen (secondary N) is 1. The first-order valence-electron chi connectivity index (χ1n) is 8.60. The highest BCUT2D eigenvalue weighted by Gasteiger charge is 2.19. The molecule has 4 rings (SSSR count). The second kappa shape index (κ2) is 8.48. The Morgan fingerprint density at radius 3 is 2.63 bits per heavy atom. The van der Waals surface area contributed by atoms with Crippen LogP contribution >= 0.6 is 23.2 Å². The summed E-state index contributed by atoms with van der Waals surface area (Å²) in [4.78, 5) is 25.2. The van der Waals surface area contributed by atoms with Crippen LogP contribution in [0.15, 0.2) is 59.5 Å². The number of nitrogens with zero attached hydrogens (tertiary/aromatic N) is 4. The average Bonchev–Trinajstić information content (AvgIpc) is 3.26. The van der Waals surface area contributed by atoms with Crippen molar-refractivity contribution in [1.82, 2.24) is 20.1 Å². The van der Waals surface area contributed by atoms with Gasteiger partial charge in [0, 0.05) is 24.2 Å². The molecule has 10 heteroatoms. The van der Waals surface area contributed by atoms with Crippen molar-refractivity contribution in [3.8, 4) is 28.7 Å². The number of pyridine rings is 2. The molecule has 0 bridgehead atoms. The van der Waals surface area contributed by atoms with Crippen LogP contribution in [-0.2, 0) is 0 Å². The lowest BCUT2D eigenvalue weighted by Gasteiger charge is -2.10. The molecule has 0 saturated heterocycles. The Balaban J connectivity index is 1.68. The van der Waals surface area contributed by atoms with Gasteiger partial charge in [-0.05, 0) is 30.3 Å². The van der Waals surface area contributed by atoms with Gasteiger partial charge in [0.25, 0.3) is 11.8 Å². The molecule has 0 unspecified atom stereocenters. The first-order chi connectivity index (χ1) is 14.6. The molecule has 0 aliphatic rings. The first-order valence-corrected chi connectivity index (χ1v) is 9.36. The summed E-state index contributed by atoms with van der Waals surface area (Å²) in [6, 6.07) is 10.2. The average molecular weight is 442 g/mol. The Labute approximate surface area is 180 Å². The van der Waals surface area contributed by atoms with Crippen LogP contribution in [0.3, 0.4) is 0 Å². The summed E-state index contributed by atoms with van der Waals surface area (Å²) in [6.45, 7) is 0. The summed E-state index contributed by atoms with van der Waals surface area (Å²) >= 11 is 12.2. The zero-order valence-electron chi connectivity index (χ0n) is 15.5. The smallest absolute Gasteiger partial charge is 0.262 e. The SMILES string of the molecule is COc1ccc(C(=O)Nc2c(Cl)cncc2Cl)cc1-c1nc(-c2ccccn2)no1. The summed E-state index contributed by atoms with van der Waals surface area (Å²) in [5.74, 6) is 0.529. The molecule has 3 aromatic heterocycles. The van der Waals surface area contributed by atoms with Crippen molar-refractivity contribution in [3.05, 3.63) is 70.6 Å². The minimum atomic E-state index is -0.432. The molecular weight excluding hydrogens is 429 g/mol. The van der Waals surface area contributed by atoms with Gasteiger partial charge in [-0.3, -0.25) is 14.8 Å². The lowest BCUT2D eigenvalue weighted by Crippen LogP contribution is -2.13. The predicted octanol–water partition coefficient (Wildman–Crippen LogP) is 4.76. The lowest BCUT2D eigenvalue weighted by atomic mass is 10.1. The van der Waals surface area contributed by atoms with Crippen LogP contribution < -0.4 is 10.1 Å². The van der Waals surface area contributed by atoms with Gasteiger partial charge in [0.05, 0.1) is 28.4 Å². The van der Waals surface area contributed by atoms with Gasteiger partial charge in [-0.15, -0.1) is 0 Å². The van der Waals surface area contributed by atoms with Gasteiger partial charge in [0.2, 0.25) is 5.82 Å². The summed E-state index contributed by atoms with van der Waals surface area (Å²) < 4.78 is 10.8. The number of carbonyl (C=O) groups excluding carboxylic acids is 1. The fourth-order valence-corrected chi connectivity index (χ4v) is 3.12. The quantitative estimate of drug-likeness (QED) is 0.475. The number of aromatic nitrogens is 4. The van der Waals surface area contributed by atoms with Gasteiger partial charge in [0.1, 0.15) is 11.4 Å². The van der Waals surface area contributed by atoms with Gasteiger partial charge >= 0.3 is 0 Å². The Morgan fingerprint density at radius 1 is 1.13 bits per heavy atom. The molecular formula is C20H13Cl2N5O3. The maximum absolute atomic E-state index is 12.8. The highest BCUT2D eigenvalue weighted by molar-refractivity contribution is 6.39. The fraction of sp³-hybridized carbons (Fsp3) is 0.0500. The van der Waals surface area contributed by atoms with Crippen molar-refractivity contribution in [2.45, 2.75) is 0 Å². The number of rotatable bonds is 5. The highest BCUT2D eigenvalue weighted by Crippen LogP contribution is 2.32. The molecule has 8 nitrogen and oxygen atoms in total. The van der Waals surface area contributed by atoms with Crippen LogP contribution in [0.1, 0.15) is 10.4 Å². The molecule has 0 saturated carbocycles. The monoisotopic (exact) mass is 441 g/mol. The Hall–Kier alpha value is -3.49. The van der Waals surface area contributed by atoms with Crippen LogP contribution in [0.4, 0.5) is 5.69 Å². The van der Waals surface area contributed by atoms with E-state index in [2.05, 4.69) is 25.4 Å². The number of methoxy groups -OCH3 is 1. The fourth-order valence-electron chi connectivity index (χ4n) is 2.66. The Bertz CT molecular complexity index is 1190. The van der Waals surface area contributed by atoms with E-state index in [-0.39, 0.29) is 21.6 Å². The molecule has 0 radical (unpaired) electrons. The topological polar surface area (TPSA) is 103 Å². The van der Waals surface area contributed by atoms with Crippen LogP contribution in [0.25, 0.3) is 23.0 Å². The van der Waals surface area contributed by atoms with Gasteiger partial charge in [-0.25, -0.2) is 0 Å². The number of amides is 1. The van der Waals surface area contributed by atoms with Crippen LogP contribution in [0.5, 0.6) is 5.75 Å². The first kappa shape index (κ1) is 19.8. The second-order valence-electron chi connectivity index (χ2n) is 5.99. The van der Waals surface area contributed by atoms with E-state index in [0.29, 0.717) is 28.4 Å². The summed E-state index contributed by atoms with van der Waals surface area (Å²) in [5.41, 5.74) is 1.59. The van der Waals surface area contributed by atoms with Crippen molar-refractivity contribution in [2.24, 2.45) is 0 Å². The highest BCUT2D eigenvalue weighted by atomic mass is 35.5. The normalized spacial score (nSPS) is 10.6. The number of hydrogen-bond donors (Lipinski definition) is 1. The van der Waals surface area contributed by atoms with E-state index in [1.165, 1.54) is 19.5 Å². The second-order valence-corrected chi connectivity index (χ2v) is 6.80. The van der Waals surface area contributed by atoms with Gasteiger partial charge in [0.15, 0.2) is 0 Å². The van der Waals surface area contributed by atoms with Crippen LogP contribution in [0.2, 0.25) is 10.0 Å². The molecule has 0 spiro atoms. The lowest BCUT2D eigenvalue weighted by molar-refractivity contribution is 0.102. The molecule has 1 aromatic carbocycles. The summed E-state index contributed by atoms with van der Waals surface area (Å²) in [6.07, 6.45) is 4.41. The minimum absolute atomic E-state index is 0.183. The van der Waals surface area contributed by atoms with Crippen molar-refractivity contribution in [1.29, 1.82) is 0 Å². The Morgan fingerprint density at radius 2 is 1.93 bits per heavy atom. The van der Waals surface area contributed by atoms with Crippen molar-refractivity contribution in [3.63, 3.8) is 0 Å².